The van der Waals surface area contributed by atoms with E-state index in [9.17, 15) is 0 Å². The van der Waals surface area contributed by atoms with E-state index in [2.05, 4.69) is 32.6 Å². The third kappa shape index (κ3) is 6.91. The van der Waals surface area contributed by atoms with E-state index in [4.69, 9.17) is 5.73 Å². The fourth-order valence-corrected chi connectivity index (χ4v) is 1.84. The minimum atomic E-state index is 0.390. The van der Waals surface area contributed by atoms with E-state index in [1.165, 1.54) is 25.9 Å². The van der Waals surface area contributed by atoms with Crippen molar-refractivity contribution in [3.8, 4) is 0 Å². The lowest BCUT2D eigenvalue weighted by Crippen LogP contribution is -2.33. The summed E-state index contributed by atoms with van der Waals surface area (Å²) in [4.78, 5) is 2.55. The van der Waals surface area contributed by atoms with Gasteiger partial charge in [-0.2, -0.15) is 0 Å². The van der Waals surface area contributed by atoms with Crippen molar-refractivity contribution in [2.45, 2.75) is 59.4 Å². The molecule has 2 heteroatoms. The monoisotopic (exact) mass is 214 g/mol. The van der Waals surface area contributed by atoms with Crippen molar-refractivity contribution in [2.24, 2.45) is 11.7 Å². The maximum atomic E-state index is 5.95. The van der Waals surface area contributed by atoms with Crippen LogP contribution in [0.2, 0.25) is 0 Å². The molecule has 15 heavy (non-hydrogen) atoms. The van der Waals surface area contributed by atoms with Crippen LogP contribution in [0.1, 0.15) is 53.4 Å². The summed E-state index contributed by atoms with van der Waals surface area (Å²) in [5.41, 5.74) is 5.95. The van der Waals surface area contributed by atoms with Crippen LogP contribution in [0.5, 0.6) is 0 Å². The van der Waals surface area contributed by atoms with Crippen LogP contribution in [0.15, 0.2) is 0 Å². The minimum absolute atomic E-state index is 0.390. The molecule has 0 amide bonds. The van der Waals surface area contributed by atoms with Crippen molar-refractivity contribution in [3.05, 3.63) is 0 Å². The molecule has 0 radical (unpaired) electrons. The zero-order chi connectivity index (χ0) is 11.7. The van der Waals surface area contributed by atoms with Gasteiger partial charge in [0.25, 0.3) is 0 Å². The zero-order valence-corrected chi connectivity index (χ0v) is 11.1. The number of hydrogen-bond acceptors (Lipinski definition) is 2. The lowest BCUT2D eigenvalue weighted by Gasteiger charge is -2.26. The summed E-state index contributed by atoms with van der Waals surface area (Å²) in [6.45, 7) is 12.6. The maximum Gasteiger partial charge on any atom is 0.00483 e. The molecule has 0 spiro atoms. The van der Waals surface area contributed by atoms with Crippen LogP contribution < -0.4 is 5.73 Å². The zero-order valence-electron chi connectivity index (χ0n) is 11.1. The molecule has 0 aliphatic heterocycles. The van der Waals surface area contributed by atoms with Gasteiger partial charge in [0, 0.05) is 12.6 Å². The summed E-state index contributed by atoms with van der Waals surface area (Å²) in [6, 6.07) is 0.390. The fraction of sp³-hybridized carbons (Fsp3) is 1.00. The van der Waals surface area contributed by atoms with Crippen molar-refractivity contribution in [3.63, 3.8) is 0 Å². The quantitative estimate of drug-likeness (QED) is 0.639. The van der Waals surface area contributed by atoms with Crippen LogP contribution in [0, 0.1) is 5.92 Å². The van der Waals surface area contributed by atoms with Gasteiger partial charge in [0.1, 0.15) is 0 Å². The van der Waals surface area contributed by atoms with Crippen molar-refractivity contribution in [1.29, 1.82) is 0 Å². The first-order chi connectivity index (χ1) is 7.17. The average Bonchev–Trinajstić information content (AvgIpc) is 2.29. The van der Waals surface area contributed by atoms with E-state index in [0.717, 1.165) is 25.3 Å². The van der Waals surface area contributed by atoms with Gasteiger partial charge in [0.05, 0.1) is 0 Å². The third-order valence-electron chi connectivity index (χ3n) is 3.46. The van der Waals surface area contributed by atoms with Crippen molar-refractivity contribution in [2.75, 3.05) is 19.6 Å². The molecule has 0 aromatic heterocycles. The lowest BCUT2D eigenvalue weighted by atomic mass is 10.0. The molecular formula is C13H30N2. The summed E-state index contributed by atoms with van der Waals surface area (Å²) in [5, 5.41) is 0. The van der Waals surface area contributed by atoms with E-state index in [1.54, 1.807) is 0 Å². The summed E-state index contributed by atoms with van der Waals surface area (Å²) in [6.07, 6.45) is 4.84. The van der Waals surface area contributed by atoms with Crippen LogP contribution in [-0.2, 0) is 0 Å². The largest absolute Gasteiger partial charge is 0.328 e. The average molecular weight is 214 g/mol. The Balaban J connectivity index is 3.80. The smallest absolute Gasteiger partial charge is 0.00483 e. The van der Waals surface area contributed by atoms with Crippen LogP contribution in [0.4, 0.5) is 0 Å². The van der Waals surface area contributed by atoms with E-state index >= 15 is 0 Å². The molecule has 2 nitrogen and oxygen atoms in total. The summed E-state index contributed by atoms with van der Waals surface area (Å²) in [7, 11) is 0. The summed E-state index contributed by atoms with van der Waals surface area (Å²) < 4.78 is 0. The number of nitrogens with zero attached hydrogens (tertiary/aromatic N) is 1. The predicted molar refractivity (Wildman–Crippen MR) is 69.1 cm³/mol. The Kier molecular flexibility index (Phi) is 9.12. The highest BCUT2D eigenvalue weighted by Crippen LogP contribution is 2.10. The minimum Gasteiger partial charge on any atom is -0.328 e. The van der Waals surface area contributed by atoms with E-state index in [0.29, 0.717) is 6.04 Å². The van der Waals surface area contributed by atoms with E-state index in [1.807, 2.05) is 0 Å². The van der Waals surface area contributed by atoms with Gasteiger partial charge in [-0.1, -0.05) is 40.5 Å². The van der Waals surface area contributed by atoms with Gasteiger partial charge in [0.15, 0.2) is 0 Å². The summed E-state index contributed by atoms with van der Waals surface area (Å²) in [5.74, 6) is 0.864. The molecule has 0 aliphatic carbocycles. The standard InChI is InChI=1S/C13H30N2/c1-5-12(6-2)11-15(8-4)10-9-13(14)7-3/h12-13H,5-11,14H2,1-4H3. The molecule has 0 saturated heterocycles. The molecule has 0 aromatic rings. The molecule has 1 atom stereocenters. The van der Waals surface area contributed by atoms with Crippen LogP contribution >= 0.6 is 0 Å². The Morgan fingerprint density at radius 3 is 2.00 bits per heavy atom. The molecule has 0 bridgehead atoms. The van der Waals surface area contributed by atoms with Crippen molar-refractivity contribution >= 4 is 0 Å². The van der Waals surface area contributed by atoms with Gasteiger partial charge in [-0.15, -0.1) is 0 Å². The molecule has 0 aliphatic rings. The Bertz CT molecular complexity index is 132. The van der Waals surface area contributed by atoms with Gasteiger partial charge in [-0.05, 0) is 31.8 Å². The molecule has 0 saturated carbocycles. The van der Waals surface area contributed by atoms with Gasteiger partial charge in [-0.25, -0.2) is 0 Å². The van der Waals surface area contributed by atoms with Crippen LogP contribution in [-0.4, -0.2) is 30.6 Å². The van der Waals surface area contributed by atoms with Gasteiger partial charge in [-0.3, -0.25) is 0 Å². The molecule has 0 heterocycles. The first-order valence-corrected chi connectivity index (χ1v) is 6.65. The van der Waals surface area contributed by atoms with Gasteiger partial charge >= 0.3 is 0 Å². The van der Waals surface area contributed by atoms with Gasteiger partial charge in [0.2, 0.25) is 0 Å². The molecule has 92 valence electrons. The van der Waals surface area contributed by atoms with Crippen LogP contribution in [0.25, 0.3) is 0 Å². The van der Waals surface area contributed by atoms with Crippen molar-refractivity contribution in [1.82, 2.24) is 4.90 Å². The fourth-order valence-electron chi connectivity index (χ4n) is 1.84. The number of rotatable bonds is 9. The highest BCUT2D eigenvalue weighted by molar-refractivity contribution is 4.66. The maximum absolute atomic E-state index is 5.95. The Hall–Kier alpha value is -0.0800. The second kappa shape index (κ2) is 9.17. The summed E-state index contributed by atoms with van der Waals surface area (Å²) >= 11 is 0. The first kappa shape index (κ1) is 14.9. The highest BCUT2D eigenvalue weighted by Gasteiger charge is 2.10. The second-order valence-corrected chi connectivity index (χ2v) is 4.53. The topological polar surface area (TPSA) is 29.3 Å². The molecule has 1 unspecified atom stereocenters. The molecule has 2 N–H and O–H groups in total. The Morgan fingerprint density at radius 2 is 1.60 bits per heavy atom. The highest BCUT2D eigenvalue weighted by atomic mass is 15.1. The number of nitrogens with two attached hydrogens (primary N) is 1. The second-order valence-electron chi connectivity index (χ2n) is 4.53. The normalized spacial score (nSPS) is 13.8. The first-order valence-electron chi connectivity index (χ1n) is 6.65. The predicted octanol–water partition coefficient (Wildman–Crippen LogP) is 2.87. The van der Waals surface area contributed by atoms with E-state index < -0.39 is 0 Å². The van der Waals surface area contributed by atoms with Gasteiger partial charge < -0.3 is 10.6 Å². The molecule has 0 rings (SSSR count). The number of hydrogen-bond donors (Lipinski definition) is 1. The third-order valence-corrected chi connectivity index (χ3v) is 3.46. The molecule has 0 aromatic carbocycles. The lowest BCUT2D eigenvalue weighted by molar-refractivity contribution is 0.225. The molecular weight excluding hydrogens is 184 g/mol. The van der Waals surface area contributed by atoms with E-state index in [-0.39, 0.29) is 0 Å². The SMILES string of the molecule is CCC(N)CCN(CC)CC(CC)CC. The van der Waals surface area contributed by atoms with Crippen molar-refractivity contribution < 1.29 is 0 Å². The van der Waals surface area contributed by atoms with Crippen LogP contribution in [0.3, 0.4) is 0 Å². The molecule has 0 fully saturated rings. The Morgan fingerprint density at radius 1 is 1.00 bits per heavy atom. The Labute approximate surface area is 96.2 Å².